The zero-order valence-corrected chi connectivity index (χ0v) is 18.7. The van der Waals surface area contributed by atoms with Gasteiger partial charge in [-0.05, 0) is 49.6 Å². The van der Waals surface area contributed by atoms with Crippen molar-refractivity contribution in [3.05, 3.63) is 88.4 Å². The van der Waals surface area contributed by atoms with Gasteiger partial charge in [0.1, 0.15) is 17.5 Å². The number of aliphatic hydroxyl groups is 1. The first-order valence-corrected chi connectivity index (χ1v) is 11.1. The molecular formula is C25H24FN5O3. The summed E-state index contributed by atoms with van der Waals surface area (Å²) in [5, 5.41) is 15.8. The zero-order chi connectivity index (χ0) is 23.9. The molecule has 9 heteroatoms. The molecule has 0 atom stereocenters. The van der Waals surface area contributed by atoms with Crippen molar-refractivity contribution < 1.29 is 14.3 Å². The molecule has 0 bridgehead atoms. The number of aromatic nitrogens is 4. The van der Waals surface area contributed by atoms with E-state index in [0.717, 1.165) is 5.69 Å². The molecule has 3 heterocycles. The lowest BCUT2D eigenvalue weighted by Crippen LogP contribution is -2.49. The van der Waals surface area contributed by atoms with Crippen LogP contribution in [0.15, 0.2) is 65.8 Å². The Morgan fingerprint density at radius 3 is 2.62 bits per heavy atom. The summed E-state index contributed by atoms with van der Waals surface area (Å²) in [6.07, 6.45) is 3.50. The molecule has 2 aromatic carbocycles. The number of aryl methyl sites for hydroxylation is 1. The first-order chi connectivity index (χ1) is 16.3. The summed E-state index contributed by atoms with van der Waals surface area (Å²) in [6.45, 7) is 2.44. The molecule has 1 N–H and O–H groups in total. The van der Waals surface area contributed by atoms with Crippen LogP contribution in [0.3, 0.4) is 0 Å². The molecular weight excluding hydrogens is 437 g/mol. The highest BCUT2D eigenvalue weighted by Gasteiger charge is 2.35. The SMILES string of the molecule is Cc1ccc(F)cc1C(=O)N1CCC(O)(Cn2cnc3c(cnn3-c3ccccc3)c2=O)CC1. The van der Waals surface area contributed by atoms with Gasteiger partial charge in [-0.3, -0.25) is 14.2 Å². The van der Waals surface area contributed by atoms with Crippen LogP contribution in [0.1, 0.15) is 28.8 Å². The van der Waals surface area contributed by atoms with Crippen LogP contribution in [-0.2, 0) is 6.54 Å². The lowest BCUT2D eigenvalue weighted by atomic mass is 9.90. The average molecular weight is 461 g/mol. The number of nitrogens with zero attached hydrogens (tertiary/aromatic N) is 5. The fourth-order valence-electron chi connectivity index (χ4n) is 4.42. The van der Waals surface area contributed by atoms with E-state index in [2.05, 4.69) is 10.1 Å². The van der Waals surface area contributed by atoms with Gasteiger partial charge < -0.3 is 10.0 Å². The van der Waals surface area contributed by atoms with Gasteiger partial charge in [0.05, 0.1) is 24.0 Å². The Bertz CT molecular complexity index is 1420. The summed E-state index contributed by atoms with van der Waals surface area (Å²) in [4.78, 5) is 32.0. The number of benzene rings is 2. The van der Waals surface area contributed by atoms with Crippen molar-refractivity contribution >= 4 is 16.9 Å². The number of likely N-dealkylation sites (tertiary alicyclic amines) is 1. The second-order valence-electron chi connectivity index (χ2n) is 8.78. The molecule has 34 heavy (non-hydrogen) atoms. The molecule has 1 fully saturated rings. The minimum absolute atomic E-state index is 0.0618. The quantitative estimate of drug-likeness (QED) is 0.505. The molecule has 0 saturated carbocycles. The topological polar surface area (TPSA) is 93.2 Å². The van der Waals surface area contributed by atoms with Crippen molar-refractivity contribution in [3.8, 4) is 5.69 Å². The van der Waals surface area contributed by atoms with E-state index in [-0.39, 0.29) is 18.0 Å². The Morgan fingerprint density at radius 1 is 1.15 bits per heavy atom. The highest BCUT2D eigenvalue weighted by atomic mass is 19.1. The van der Waals surface area contributed by atoms with Crippen molar-refractivity contribution in [2.45, 2.75) is 31.9 Å². The van der Waals surface area contributed by atoms with Crippen molar-refractivity contribution in [2.24, 2.45) is 0 Å². The van der Waals surface area contributed by atoms with Crippen LogP contribution in [0.4, 0.5) is 4.39 Å². The lowest BCUT2D eigenvalue weighted by molar-refractivity contribution is -0.0299. The average Bonchev–Trinajstić information content (AvgIpc) is 3.28. The van der Waals surface area contributed by atoms with Gasteiger partial charge in [-0.2, -0.15) is 5.10 Å². The van der Waals surface area contributed by atoms with Gasteiger partial charge in [0.15, 0.2) is 5.65 Å². The lowest BCUT2D eigenvalue weighted by Gasteiger charge is -2.38. The van der Waals surface area contributed by atoms with Gasteiger partial charge in [0.2, 0.25) is 0 Å². The van der Waals surface area contributed by atoms with Gasteiger partial charge in [-0.1, -0.05) is 24.3 Å². The number of para-hydroxylation sites is 1. The second-order valence-corrected chi connectivity index (χ2v) is 8.78. The summed E-state index contributed by atoms with van der Waals surface area (Å²) in [5.74, 6) is -0.715. The van der Waals surface area contributed by atoms with E-state index < -0.39 is 11.4 Å². The molecule has 174 valence electrons. The normalized spacial score (nSPS) is 15.6. The van der Waals surface area contributed by atoms with Gasteiger partial charge in [0.25, 0.3) is 11.5 Å². The Hall–Kier alpha value is -3.85. The summed E-state index contributed by atoms with van der Waals surface area (Å²) in [7, 11) is 0. The Kier molecular flexibility index (Phi) is 5.49. The largest absolute Gasteiger partial charge is 0.388 e. The van der Waals surface area contributed by atoms with Crippen LogP contribution in [0.2, 0.25) is 0 Å². The molecule has 8 nitrogen and oxygen atoms in total. The number of fused-ring (bicyclic) bond motifs is 1. The molecule has 1 saturated heterocycles. The number of hydrogen-bond donors (Lipinski definition) is 1. The minimum atomic E-state index is -1.16. The Labute approximate surface area is 194 Å². The molecule has 1 aliphatic rings. The highest BCUT2D eigenvalue weighted by molar-refractivity contribution is 5.95. The maximum absolute atomic E-state index is 13.6. The fraction of sp³-hybridized carbons (Fsp3) is 0.280. The van der Waals surface area contributed by atoms with Crippen LogP contribution in [0.25, 0.3) is 16.7 Å². The second kappa shape index (κ2) is 8.49. The highest BCUT2D eigenvalue weighted by Crippen LogP contribution is 2.26. The number of carbonyl (C=O) groups excluding carboxylic acids is 1. The molecule has 0 spiro atoms. The molecule has 4 aromatic rings. The molecule has 2 aromatic heterocycles. The maximum Gasteiger partial charge on any atom is 0.264 e. The van der Waals surface area contributed by atoms with E-state index >= 15 is 0 Å². The first kappa shape index (κ1) is 22.0. The number of rotatable bonds is 4. The smallest absolute Gasteiger partial charge is 0.264 e. The predicted octanol–water partition coefficient (Wildman–Crippen LogP) is 2.70. The number of halogens is 1. The third kappa shape index (κ3) is 3.99. The summed E-state index contributed by atoms with van der Waals surface area (Å²) in [5.41, 5.74) is 0.828. The van der Waals surface area contributed by atoms with E-state index in [0.29, 0.717) is 48.1 Å². The Morgan fingerprint density at radius 2 is 1.88 bits per heavy atom. The summed E-state index contributed by atoms with van der Waals surface area (Å²) in [6, 6.07) is 13.6. The maximum atomic E-state index is 13.6. The first-order valence-electron chi connectivity index (χ1n) is 11.1. The molecule has 5 rings (SSSR count). The van der Waals surface area contributed by atoms with Gasteiger partial charge in [-0.15, -0.1) is 0 Å². The van der Waals surface area contributed by atoms with Crippen LogP contribution >= 0.6 is 0 Å². The third-order valence-electron chi connectivity index (χ3n) is 6.43. The number of hydrogen-bond acceptors (Lipinski definition) is 5. The van der Waals surface area contributed by atoms with Gasteiger partial charge >= 0.3 is 0 Å². The minimum Gasteiger partial charge on any atom is -0.388 e. The molecule has 1 amide bonds. The number of carbonyl (C=O) groups is 1. The van der Waals surface area contributed by atoms with E-state index in [4.69, 9.17) is 0 Å². The van der Waals surface area contributed by atoms with Crippen LogP contribution in [-0.4, -0.2) is 53.9 Å². The zero-order valence-electron chi connectivity index (χ0n) is 18.7. The van der Waals surface area contributed by atoms with Crippen molar-refractivity contribution in [2.75, 3.05) is 13.1 Å². The number of amides is 1. The predicted molar refractivity (Wildman–Crippen MR) is 124 cm³/mol. The third-order valence-corrected chi connectivity index (χ3v) is 6.43. The van der Waals surface area contributed by atoms with E-state index in [9.17, 15) is 19.1 Å². The van der Waals surface area contributed by atoms with E-state index in [1.54, 1.807) is 22.6 Å². The standard InChI is InChI=1S/C25H24FN5O3/c1-17-7-8-18(26)13-20(17)23(32)29-11-9-25(34,10-12-29)15-30-16-27-22-21(24(30)33)14-28-31(22)19-5-3-2-4-6-19/h2-8,13-14,16,34H,9-12,15H2,1H3. The fourth-order valence-corrected chi connectivity index (χ4v) is 4.42. The Balaban J connectivity index is 1.33. The molecule has 1 aliphatic heterocycles. The van der Waals surface area contributed by atoms with Crippen LogP contribution in [0, 0.1) is 12.7 Å². The summed E-state index contributed by atoms with van der Waals surface area (Å²) < 4.78 is 16.6. The molecule has 0 aliphatic carbocycles. The van der Waals surface area contributed by atoms with Gasteiger partial charge in [0, 0.05) is 18.7 Å². The van der Waals surface area contributed by atoms with Crippen molar-refractivity contribution in [1.82, 2.24) is 24.2 Å². The van der Waals surface area contributed by atoms with Crippen LogP contribution < -0.4 is 5.56 Å². The monoisotopic (exact) mass is 461 g/mol. The van der Waals surface area contributed by atoms with E-state index in [1.165, 1.54) is 29.2 Å². The van der Waals surface area contributed by atoms with Crippen LogP contribution in [0.5, 0.6) is 0 Å². The molecule has 0 unspecified atom stereocenters. The molecule has 0 radical (unpaired) electrons. The number of piperidine rings is 1. The summed E-state index contributed by atoms with van der Waals surface area (Å²) >= 11 is 0. The van der Waals surface area contributed by atoms with Gasteiger partial charge in [-0.25, -0.2) is 14.1 Å². The van der Waals surface area contributed by atoms with Crippen molar-refractivity contribution in [1.29, 1.82) is 0 Å². The van der Waals surface area contributed by atoms with E-state index in [1.807, 2.05) is 30.3 Å². The van der Waals surface area contributed by atoms with Crippen molar-refractivity contribution in [3.63, 3.8) is 0 Å².